The monoisotopic (exact) mass is 315 g/mol. The molecule has 0 radical (unpaired) electrons. The lowest BCUT2D eigenvalue weighted by Gasteiger charge is -2.33. The Morgan fingerprint density at radius 1 is 1.50 bits per heavy atom. The lowest BCUT2D eigenvalue weighted by atomic mass is 10.00. The molecule has 112 valence electrons. The third-order valence-corrected chi connectivity index (χ3v) is 4.35. The van der Waals surface area contributed by atoms with Crippen LogP contribution in [0, 0.1) is 0 Å². The number of aromatic amines is 1. The van der Waals surface area contributed by atoms with Crippen molar-refractivity contribution in [2.45, 2.75) is 19.4 Å². The molecule has 3 aromatic heterocycles. The molecule has 4 heterocycles. The van der Waals surface area contributed by atoms with Crippen LogP contribution in [-0.2, 0) is 6.42 Å². The Balaban J connectivity index is 1.68. The fourth-order valence-electron chi connectivity index (χ4n) is 3.00. The summed E-state index contributed by atoms with van der Waals surface area (Å²) in [6, 6.07) is 3.76. The summed E-state index contributed by atoms with van der Waals surface area (Å²) >= 11 is 5.90. The minimum atomic E-state index is -0.0824. The van der Waals surface area contributed by atoms with Gasteiger partial charge in [-0.1, -0.05) is 11.6 Å². The molecule has 0 spiro atoms. The van der Waals surface area contributed by atoms with Gasteiger partial charge in [-0.25, -0.2) is 9.50 Å². The van der Waals surface area contributed by atoms with Gasteiger partial charge in [-0.15, -0.1) is 0 Å². The maximum absolute atomic E-state index is 12.8. The maximum atomic E-state index is 12.8. The highest BCUT2D eigenvalue weighted by molar-refractivity contribution is 6.30. The van der Waals surface area contributed by atoms with E-state index >= 15 is 0 Å². The quantitative estimate of drug-likeness (QED) is 0.750. The molecule has 1 atom stereocenters. The zero-order valence-electron chi connectivity index (χ0n) is 12.0. The first-order valence-electron chi connectivity index (χ1n) is 7.11. The molecule has 0 saturated carbocycles. The van der Waals surface area contributed by atoms with Crippen molar-refractivity contribution in [2.75, 3.05) is 6.54 Å². The average molecular weight is 316 g/mol. The SMILES string of the molecule is CC1c2cc[nH]c2CCN1C(=O)c1cc2ncc(Cl)cn2n1. The minimum absolute atomic E-state index is 0.0314. The van der Waals surface area contributed by atoms with E-state index in [2.05, 4.69) is 15.1 Å². The van der Waals surface area contributed by atoms with E-state index in [1.54, 1.807) is 18.5 Å². The van der Waals surface area contributed by atoms with Gasteiger partial charge in [0, 0.05) is 37.1 Å². The number of nitrogens with zero attached hydrogens (tertiary/aromatic N) is 4. The maximum Gasteiger partial charge on any atom is 0.274 e. The Morgan fingerprint density at radius 2 is 2.36 bits per heavy atom. The normalized spacial score (nSPS) is 17.7. The van der Waals surface area contributed by atoms with E-state index in [1.807, 2.05) is 24.1 Å². The number of nitrogens with one attached hydrogen (secondary N) is 1. The number of carbonyl (C=O) groups excluding carboxylic acids is 1. The molecule has 7 heteroatoms. The lowest BCUT2D eigenvalue weighted by molar-refractivity contribution is 0.0670. The van der Waals surface area contributed by atoms with Crippen molar-refractivity contribution in [1.29, 1.82) is 0 Å². The van der Waals surface area contributed by atoms with E-state index < -0.39 is 0 Å². The van der Waals surface area contributed by atoms with E-state index in [9.17, 15) is 4.79 Å². The Kier molecular flexibility index (Phi) is 2.94. The molecule has 0 saturated heterocycles. The van der Waals surface area contributed by atoms with Crippen LogP contribution in [0.25, 0.3) is 5.65 Å². The van der Waals surface area contributed by atoms with Crippen LogP contribution in [0.3, 0.4) is 0 Å². The highest BCUT2D eigenvalue weighted by atomic mass is 35.5. The standard InChI is InChI=1S/C15H14ClN5O/c1-9-11-2-4-17-12(11)3-5-20(9)15(22)13-6-14-18-7-10(16)8-21(14)19-13/h2,4,6-9,17H,3,5H2,1H3. The first kappa shape index (κ1) is 13.3. The second-order valence-electron chi connectivity index (χ2n) is 5.44. The molecule has 6 nitrogen and oxygen atoms in total. The minimum Gasteiger partial charge on any atom is -0.365 e. The average Bonchev–Trinajstić information content (AvgIpc) is 3.12. The molecule has 1 amide bonds. The number of carbonyl (C=O) groups is 1. The van der Waals surface area contributed by atoms with Crippen molar-refractivity contribution in [2.24, 2.45) is 0 Å². The van der Waals surface area contributed by atoms with E-state index in [-0.39, 0.29) is 11.9 Å². The number of aromatic nitrogens is 4. The van der Waals surface area contributed by atoms with E-state index in [1.165, 1.54) is 15.8 Å². The van der Waals surface area contributed by atoms with Gasteiger partial charge in [0.15, 0.2) is 11.3 Å². The summed E-state index contributed by atoms with van der Waals surface area (Å²) < 4.78 is 1.53. The van der Waals surface area contributed by atoms with Crippen LogP contribution < -0.4 is 0 Å². The second kappa shape index (κ2) is 4.84. The third kappa shape index (κ3) is 1.99. The van der Waals surface area contributed by atoms with Gasteiger partial charge in [0.05, 0.1) is 17.3 Å². The Bertz CT molecular complexity index is 868. The van der Waals surface area contributed by atoms with Crippen molar-refractivity contribution < 1.29 is 4.79 Å². The largest absolute Gasteiger partial charge is 0.365 e. The van der Waals surface area contributed by atoms with Gasteiger partial charge in [-0.3, -0.25) is 4.79 Å². The van der Waals surface area contributed by atoms with Crippen molar-refractivity contribution in [3.8, 4) is 0 Å². The predicted molar refractivity (Wildman–Crippen MR) is 81.9 cm³/mol. The topological polar surface area (TPSA) is 66.3 Å². The Labute approximate surface area is 131 Å². The summed E-state index contributed by atoms with van der Waals surface area (Å²) in [6.45, 7) is 2.71. The highest BCUT2D eigenvalue weighted by Crippen LogP contribution is 2.29. The van der Waals surface area contributed by atoms with Crippen molar-refractivity contribution in [1.82, 2.24) is 24.5 Å². The molecular formula is C15H14ClN5O. The number of rotatable bonds is 1. The zero-order chi connectivity index (χ0) is 15.3. The fourth-order valence-corrected chi connectivity index (χ4v) is 3.14. The van der Waals surface area contributed by atoms with Crippen LogP contribution in [0.5, 0.6) is 0 Å². The fraction of sp³-hybridized carbons (Fsp3) is 0.267. The summed E-state index contributed by atoms with van der Waals surface area (Å²) in [4.78, 5) is 22.0. The molecule has 1 aliphatic heterocycles. The molecule has 3 aromatic rings. The summed E-state index contributed by atoms with van der Waals surface area (Å²) in [5.74, 6) is -0.0824. The number of H-pyrrole nitrogens is 1. The number of fused-ring (bicyclic) bond motifs is 2. The van der Waals surface area contributed by atoms with Gasteiger partial charge in [0.25, 0.3) is 5.91 Å². The van der Waals surface area contributed by atoms with Gasteiger partial charge in [0.2, 0.25) is 0 Å². The third-order valence-electron chi connectivity index (χ3n) is 4.15. The van der Waals surface area contributed by atoms with Crippen LogP contribution in [0.4, 0.5) is 0 Å². The van der Waals surface area contributed by atoms with Crippen LogP contribution >= 0.6 is 11.6 Å². The van der Waals surface area contributed by atoms with Crippen LogP contribution in [-0.4, -0.2) is 36.9 Å². The van der Waals surface area contributed by atoms with Crippen LogP contribution in [0.1, 0.15) is 34.7 Å². The summed E-state index contributed by atoms with van der Waals surface area (Å²) in [5, 5.41) is 4.78. The van der Waals surface area contributed by atoms with E-state index in [4.69, 9.17) is 11.6 Å². The number of amides is 1. The van der Waals surface area contributed by atoms with Crippen molar-refractivity contribution in [3.05, 3.63) is 52.7 Å². The molecular weight excluding hydrogens is 302 g/mol. The zero-order valence-corrected chi connectivity index (χ0v) is 12.7. The number of hydrogen-bond acceptors (Lipinski definition) is 3. The smallest absolute Gasteiger partial charge is 0.274 e. The lowest BCUT2D eigenvalue weighted by Crippen LogP contribution is -2.38. The molecule has 0 fully saturated rings. The second-order valence-corrected chi connectivity index (χ2v) is 5.88. The molecule has 1 N–H and O–H groups in total. The molecule has 4 rings (SSSR count). The molecule has 1 aliphatic rings. The number of hydrogen-bond donors (Lipinski definition) is 1. The van der Waals surface area contributed by atoms with Gasteiger partial charge >= 0.3 is 0 Å². The first-order valence-corrected chi connectivity index (χ1v) is 7.49. The van der Waals surface area contributed by atoms with Gasteiger partial charge < -0.3 is 9.88 Å². The van der Waals surface area contributed by atoms with Gasteiger partial charge in [0.1, 0.15) is 0 Å². The van der Waals surface area contributed by atoms with Crippen LogP contribution in [0.15, 0.2) is 30.7 Å². The van der Waals surface area contributed by atoms with Crippen LogP contribution in [0.2, 0.25) is 5.02 Å². The Morgan fingerprint density at radius 3 is 3.23 bits per heavy atom. The van der Waals surface area contributed by atoms with E-state index in [0.717, 1.165) is 6.42 Å². The molecule has 1 unspecified atom stereocenters. The van der Waals surface area contributed by atoms with Gasteiger partial charge in [-0.2, -0.15) is 5.10 Å². The van der Waals surface area contributed by atoms with Crippen molar-refractivity contribution >= 4 is 23.2 Å². The summed E-state index contributed by atoms with van der Waals surface area (Å²) in [7, 11) is 0. The van der Waals surface area contributed by atoms with Gasteiger partial charge in [-0.05, 0) is 18.6 Å². The van der Waals surface area contributed by atoms with Crippen molar-refractivity contribution in [3.63, 3.8) is 0 Å². The molecule has 22 heavy (non-hydrogen) atoms. The summed E-state index contributed by atoms with van der Waals surface area (Å²) in [6.07, 6.45) is 5.94. The Hall–Kier alpha value is -2.34. The molecule has 0 bridgehead atoms. The molecule has 0 aromatic carbocycles. The number of halogens is 1. The predicted octanol–water partition coefficient (Wildman–Crippen LogP) is 2.47. The first-order chi connectivity index (χ1) is 10.6. The summed E-state index contributed by atoms with van der Waals surface area (Å²) in [5.41, 5.74) is 3.38. The van der Waals surface area contributed by atoms with E-state index in [0.29, 0.717) is 22.9 Å². The molecule has 0 aliphatic carbocycles. The highest BCUT2D eigenvalue weighted by Gasteiger charge is 2.30.